The van der Waals surface area contributed by atoms with Crippen molar-refractivity contribution in [2.45, 2.75) is 25.2 Å². The topological polar surface area (TPSA) is 26.0 Å². The fourth-order valence-corrected chi connectivity index (χ4v) is 2.39. The van der Waals surface area contributed by atoms with Gasteiger partial charge in [-0.05, 0) is 42.9 Å². The number of nitrogens with two attached hydrogens (primary N) is 1. The third-order valence-electron chi connectivity index (χ3n) is 3.41. The van der Waals surface area contributed by atoms with Crippen molar-refractivity contribution in [3.8, 4) is 0 Å². The molecule has 0 spiro atoms. The minimum absolute atomic E-state index is 0.580. The molecule has 0 radical (unpaired) electrons. The molecule has 2 aromatic rings. The van der Waals surface area contributed by atoms with Crippen molar-refractivity contribution in [2.24, 2.45) is 5.73 Å². The van der Waals surface area contributed by atoms with Crippen LogP contribution in [0.15, 0.2) is 60.7 Å². The summed E-state index contributed by atoms with van der Waals surface area (Å²) >= 11 is 0. The van der Waals surface area contributed by atoms with E-state index in [0.717, 1.165) is 19.4 Å². The van der Waals surface area contributed by atoms with Crippen LogP contribution >= 0.6 is 0 Å². The molecule has 0 aromatic heterocycles. The monoisotopic (exact) mass is 239 g/mol. The standard InChI is InChI=1S/C17H21N/c18-14-13-17(16-9-5-2-6-10-16)12-11-15-7-3-1-4-8-15/h1-10,17H,11-14,18H2. The summed E-state index contributed by atoms with van der Waals surface area (Å²) in [7, 11) is 0. The van der Waals surface area contributed by atoms with Gasteiger partial charge < -0.3 is 5.73 Å². The van der Waals surface area contributed by atoms with Crippen molar-refractivity contribution in [1.82, 2.24) is 0 Å². The fourth-order valence-electron chi connectivity index (χ4n) is 2.39. The Labute approximate surface area is 110 Å². The van der Waals surface area contributed by atoms with Gasteiger partial charge in [0.2, 0.25) is 0 Å². The second-order valence-electron chi connectivity index (χ2n) is 4.71. The van der Waals surface area contributed by atoms with Crippen molar-refractivity contribution in [3.63, 3.8) is 0 Å². The number of benzene rings is 2. The molecule has 1 heteroatoms. The Morgan fingerprint density at radius 3 is 2.00 bits per heavy atom. The molecular formula is C17H21N. The van der Waals surface area contributed by atoms with Crippen LogP contribution in [0.4, 0.5) is 0 Å². The molecule has 0 bridgehead atoms. The summed E-state index contributed by atoms with van der Waals surface area (Å²) in [6.45, 7) is 0.758. The van der Waals surface area contributed by atoms with E-state index in [2.05, 4.69) is 60.7 Å². The highest BCUT2D eigenvalue weighted by atomic mass is 14.5. The lowest BCUT2D eigenvalue weighted by Crippen LogP contribution is -2.08. The molecule has 2 N–H and O–H groups in total. The summed E-state index contributed by atoms with van der Waals surface area (Å²) in [5.74, 6) is 0.580. The second kappa shape index (κ2) is 6.97. The van der Waals surface area contributed by atoms with Crippen molar-refractivity contribution < 1.29 is 0 Å². The summed E-state index contributed by atoms with van der Waals surface area (Å²) in [4.78, 5) is 0. The largest absolute Gasteiger partial charge is 0.330 e. The fraction of sp³-hybridized carbons (Fsp3) is 0.294. The predicted molar refractivity (Wildman–Crippen MR) is 77.6 cm³/mol. The molecule has 18 heavy (non-hydrogen) atoms. The van der Waals surface area contributed by atoms with Gasteiger partial charge in [-0.3, -0.25) is 0 Å². The first-order valence-electron chi connectivity index (χ1n) is 6.69. The molecule has 0 saturated heterocycles. The Hall–Kier alpha value is -1.60. The second-order valence-corrected chi connectivity index (χ2v) is 4.71. The van der Waals surface area contributed by atoms with E-state index in [1.807, 2.05) is 0 Å². The average Bonchev–Trinajstić information content (AvgIpc) is 2.45. The quantitative estimate of drug-likeness (QED) is 0.816. The van der Waals surface area contributed by atoms with Crippen LogP contribution < -0.4 is 5.73 Å². The number of rotatable bonds is 6. The lowest BCUT2D eigenvalue weighted by molar-refractivity contribution is 0.584. The molecule has 0 aliphatic heterocycles. The zero-order valence-electron chi connectivity index (χ0n) is 10.8. The molecule has 94 valence electrons. The Balaban J connectivity index is 1.99. The summed E-state index contributed by atoms with van der Waals surface area (Å²) in [6.07, 6.45) is 3.36. The molecule has 0 amide bonds. The Bertz CT molecular complexity index is 436. The van der Waals surface area contributed by atoms with Gasteiger partial charge in [-0.25, -0.2) is 0 Å². The number of hydrogen-bond acceptors (Lipinski definition) is 1. The Kier molecular flexibility index (Phi) is 4.98. The maximum Gasteiger partial charge on any atom is -0.00714 e. The third-order valence-corrected chi connectivity index (χ3v) is 3.41. The summed E-state index contributed by atoms with van der Waals surface area (Å²) in [5, 5.41) is 0. The zero-order valence-corrected chi connectivity index (χ0v) is 10.8. The molecule has 1 unspecified atom stereocenters. The van der Waals surface area contributed by atoms with Gasteiger partial charge in [0.25, 0.3) is 0 Å². The normalized spacial score (nSPS) is 12.3. The summed E-state index contributed by atoms with van der Waals surface area (Å²) in [6, 6.07) is 21.4. The summed E-state index contributed by atoms with van der Waals surface area (Å²) in [5.41, 5.74) is 8.56. The highest BCUT2D eigenvalue weighted by Crippen LogP contribution is 2.24. The summed E-state index contributed by atoms with van der Waals surface area (Å²) < 4.78 is 0. The first kappa shape index (κ1) is 12.8. The van der Waals surface area contributed by atoms with Crippen LogP contribution in [-0.2, 0) is 6.42 Å². The van der Waals surface area contributed by atoms with Gasteiger partial charge in [0.15, 0.2) is 0 Å². The lowest BCUT2D eigenvalue weighted by atomic mass is 9.90. The molecule has 2 aromatic carbocycles. The molecule has 0 heterocycles. The predicted octanol–water partition coefficient (Wildman–Crippen LogP) is 3.75. The van der Waals surface area contributed by atoms with E-state index in [1.54, 1.807) is 0 Å². The van der Waals surface area contributed by atoms with E-state index in [9.17, 15) is 0 Å². The molecule has 0 fully saturated rings. The van der Waals surface area contributed by atoms with Crippen molar-refractivity contribution in [1.29, 1.82) is 0 Å². The highest BCUT2D eigenvalue weighted by Gasteiger charge is 2.10. The Morgan fingerprint density at radius 2 is 1.39 bits per heavy atom. The van der Waals surface area contributed by atoms with Gasteiger partial charge in [-0.15, -0.1) is 0 Å². The molecular weight excluding hydrogens is 218 g/mol. The van der Waals surface area contributed by atoms with Crippen LogP contribution in [0.5, 0.6) is 0 Å². The Morgan fingerprint density at radius 1 is 0.778 bits per heavy atom. The molecule has 1 nitrogen and oxygen atoms in total. The van der Waals surface area contributed by atoms with Crippen LogP contribution in [0, 0.1) is 0 Å². The van der Waals surface area contributed by atoms with Crippen LogP contribution in [-0.4, -0.2) is 6.54 Å². The van der Waals surface area contributed by atoms with Gasteiger partial charge in [0.1, 0.15) is 0 Å². The van der Waals surface area contributed by atoms with Crippen LogP contribution in [0.1, 0.15) is 29.9 Å². The van der Waals surface area contributed by atoms with Gasteiger partial charge in [0, 0.05) is 0 Å². The minimum Gasteiger partial charge on any atom is -0.330 e. The van der Waals surface area contributed by atoms with Crippen molar-refractivity contribution in [3.05, 3.63) is 71.8 Å². The van der Waals surface area contributed by atoms with Gasteiger partial charge in [-0.2, -0.15) is 0 Å². The van der Waals surface area contributed by atoms with E-state index in [1.165, 1.54) is 17.5 Å². The number of aryl methyl sites for hydroxylation is 1. The average molecular weight is 239 g/mol. The molecule has 0 aliphatic carbocycles. The van der Waals surface area contributed by atoms with Crippen LogP contribution in [0.3, 0.4) is 0 Å². The molecule has 0 saturated carbocycles. The highest BCUT2D eigenvalue weighted by molar-refractivity contribution is 5.21. The van der Waals surface area contributed by atoms with Gasteiger partial charge in [-0.1, -0.05) is 60.7 Å². The van der Waals surface area contributed by atoms with Gasteiger partial charge >= 0.3 is 0 Å². The van der Waals surface area contributed by atoms with E-state index >= 15 is 0 Å². The van der Waals surface area contributed by atoms with Crippen LogP contribution in [0.2, 0.25) is 0 Å². The third kappa shape index (κ3) is 3.71. The maximum atomic E-state index is 5.74. The van der Waals surface area contributed by atoms with Crippen molar-refractivity contribution in [2.75, 3.05) is 6.54 Å². The molecule has 0 aliphatic rings. The van der Waals surface area contributed by atoms with Crippen molar-refractivity contribution >= 4 is 0 Å². The van der Waals surface area contributed by atoms with Crippen LogP contribution in [0.25, 0.3) is 0 Å². The van der Waals surface area contributed by atoms with Gasteiger partial charge in [0.05, 0.1) is 0 Å². The zero-order chi connectivity index (χ0) is 12.6. The molecule has 1 atom stereocenters. The molecule has 2 rings (SSSR count). The van der Waals surface area contributed by atoms with E-state index in [4.69, 9.17) is 5.73 Å². The first-order valence-corrected chi connectivity index (χ1v) is 6.69. The maximum absolute atomic E-state index is 5.74. The smallest absolute Gasteiger partial charge is 0.00714 e. The SMILES string of the molecule is NCCC(CCc1ccccc1)c1ccccc1. The number of hydrogen-bond donors (Lipinski definition) is 1. The lowest BCUT2D eigenvalue weighted by Gasteiger charge is -2.16. The van der Waals surface area contributed by atoms with E-state index in [0.29, 0.717) is 5.92 Å². The van der Waals surface area contributed by atoms with E-state index < -0.39 is 0 Å². The van der Waals surface area contributed by atoms with E-state index in [-0.39, 0.29) is 0 Å². The first-order chi connectivity index (χ1) is 8.90. The minimum atomic E-state index is 0.580.